The predicted octanol–water partition coefficient (Wildman–Crippen LogP) is 6.44. The smallest absolute Gasteiger partial charge is 0.195 e. The van der Waals surface area contributed by atoms with Crippen LogP contribution in [0.5, 0.6) is 11.5 Å². The van der Waals surface area contributed by atoms with E-state index in [9.17, 15) is 0 Å². The summed E-state index contributed by atoms with van der Waals surface area (Å²) in [5, 5.41) is 9.93. The van der Waals surface area contributed by atoms with E-state index in [2.05, 4.69) is 58.1 Å². The summed E-state index contributed by atoms with van der Waals surface area (Å²) in [6.45, 7) is 2.75. The first-order valence-electron chi connectivity index (χ1n) is 10.8. The summed E-state index contributed by atoms with van der Waals surface area (Å²) in [4.78, 5) is 1.23. The molecule has 1 aromatic heterocycles. The SMILES string of the molecule is COc1ccc(OCCCSc2nnc(CSc3ccc(C)cc3)n2-c2ccccc2)cc1. The molecule has 4 aromatic rings. The summed E-state index contributed by atoms with van der Waals surface area (Å²) in [6, 6.07) is 26.6. The van der Waals surface area contributed by atoms with Crippen molar-refractivity contribution in [3.05, 3.63) is 90.3 Å². The number of hydrogen-bond donors (Lipinski definition) is 0. The van der Waals surface area contributed by atoms with Crippen LogP contribution in [0.2, 0.25) is 0 Å². The largest absolute Gasteiger partial charge is 0.497 e. The minimum absolute atomic E-state index is 0.648. The van der Waals surface area contributed by atoms with Crippen molar-refractivity contribution in [2.75, 3.05) is 19.5 Å². The molecular formula is C26H27N3O2S2. The van der Waals surface area contributed by atoms with Crippen LogP contribution in [0.3, 0.4) is 0 Å². The minimum atomic E-state index is 0.648. The molecule has 3 aromatic carbocycles. The second kappa shape index (κ2) is 11.8. The van der Waals surface area contributed by atoms with E-state index in [4.69, 9.17) is 9.47 Å². The summed E-state index contributed by atoms with van der Waals surface area (Å²) < 4.78 is 13.2. The Morgan fingerprint density at radius 1 is 0.818 bits per heavy atom. The highest BCUT2D eigenvalue weighted by Gasteiger charge is 2.14. The molecule has 5 nitrogen and oxygen atoms in total. The van der Waals surface area contributed by atoms with Crippen molar-refractivity contribution in [2.45, 2.75) is 29.1 Å². The van der Waals surface area contributed by atoms with E-state index in [1.165, 1.54) is 10.5 Å². The van der Waals surface area contributed by atoms with Gasteiger partial charge in [-0.15, -0.1) is 22.0 Å². The molecule has 0 aliphatic rings. The molecule has 0 fully saturated rings. The number of aryl methyl sites for hydroxylation is 1. The average Bonchev–Trinajstić information content (AvgIpc) is 3.27. The zero-order valence-corrected chi connectivity index (χ0v) is 20.4. The Morgan fingerprint density at radius 2 is 1.55 bits per heavy atom. The van der Waals surface area contributed by atoms with Crippen LogP contribution in [0.1, 0.15) is 17.8 Å². The fraction of sp³-hybridized carbons (Fsp3) is 0.231. The van der Waals surface area contributed by atoms with Gasteiger partial charge in [0.15, 0.2) is 5.16 Å². The van der Waals surface area contributed by atoms with Crippen LogP contribution in [-0.4, -0.2) is 34.2 Å². The number of rotatable bonds is 11. The van der Waals surface area contributed by atoms with Gasteiger partial charge in [0.05, 0.1) is 19.5 Å². The highest BCUT2D eigenvalue weighted by Crippen LogP contribution is 2.28. The number of ether oxygens (including phenoxy) is 2. The quantitative estimate of drug-likeness (QED) is 0.183. The van der Waals surface area contributed by atoms with Crippen molar-refractivity contribution in [3.8, 4) is 17.2 Å². The summed E-state index contributed by atoms with van der Waals surface area (Å²) in [5.41, 5.74) is 2.35. The van der Waals surface area contributed by atoms with E-state index in [0.29, 0.717) is 6.61 Å². The fourth-order valence-corrected chi connectivity index (χ4v) is 4.88. The number of thioether (sulfide) groups is 2. The van der Waals surface area contributed by atoms with Gasteiger partial charge in [-0.25, -0.2) is 0 Å². The van der Waals surface area contributed by atoms with Crippen LogP contribution in [0, 0.1) is 6.92 Å². The lowest BCUT2D eigenvalue weighted by Gasteiger charge is -2.10. The first-order chi connectivity index (χ1) is 16.2. The second-order valence-electron chi connectivity index (χ2n) is 7.40. The van der Waals surface area contributed by atoms with E-state index in [0.717, 1.165) is 46.1 Å². The standard InChI is InChI=1S/C26H27N3O2S2/c1-20-9-15-24(16-10-20)33-19-25-27-28-26(29(25)21-7-4-3-5-8-21)32-18-6-17-31-23-13-11-22(30-2)12-14-23/h3-5,7-16H,6,17-19H2,1-2H3. The summed E-state index contributed by atoms with van der Waals surface area (Å²) in [7, 11) is 1.66. The number of methoxy groups -OCH3 is 1. The Hall–Kier alpha value is -2.90. The molecule has 0 amide bonds. The van der Waals surface area contributed by atoms with Crippen molar-refractivity contribution < 1.29 is 9.47 Å². The topological polar surface area (TPSA) is 49.2 Å². The van der Waals surface area contributed by atoms with Gasteiger partial charge in [-0.2, -0.15) is 0 Å². The van der Waals surface area contributed by atoms with E-state index in [1.54, 1.807) is 30.6 Å². The summed E-state index contributed by atoms with van der Waals surface area (Å²) in [6.07, 6.45) is 0.909. The van der Waals surface area contributed by atoms with Crippen molar-refractivity contribution in [1.29, 1.82) is 0 Å². The Bertz CT molecular complexity index is 1130. The average molecular weight is 478 g/mol. The lowest BCUT2D eigenvalue weighted by Crippen LogP contribution is -2.03. The van der Waals surface area contributed by atoms with Crippen LogP contribution in [0.4, 0.5) is 0 Å². The van der Waals surface area contributed by atoms with E-state index in [1.807, 2.05) is 42.5 Å². The molecule has 4 rings (SSSR count). The number of hydrogen-bond acceptors (Lipinski definition) is 6. The first-order valence-corrected chi connectivity index (χ1v) is 12.8. The summed E-state index contributed by atoms with van der Waals surface area (Å²) >= 11 is 3.48. The highest BCUT2D eigenvalue weighted by molar-refractivity contribution is 7.99. The van der Waals surface area contributed by atoms with Crippen LogP contribution in [0.25, 0.3) is 5.69 Å². The van der Waals surface area contributed by atoms with Gasteiger partial charge >= 0.3 is 0 Å². The molecule has 0 saturated heterocycles. The third-order valence-electron chi connectivity index (χ3n) is 4.95. The highest BCUT2D eigenvalue weighted by atomic mass is 32.2. The van der Waals surface area contributed by atoms with Crippen LogP contribution in [0.15, 0.2) is 88.9 Å². The second-order valence-corrected chi connectivity index (χ2v) is 9.51. The molecule has 0 bridgehead atoms. The fourth-order valence-electron chi connectivity index (χ4n) is 3.19. The number of benzene rings is 3. The van der Waals surface area contributed by atoms with Gasteiger partial charge in [0.1, 0.15) is 17.3 Å². The molecule has 0 N–H and O–H groups in total. The molecule has 0 aliphatic heterocycles. The normalized spacial score (nSPS) is 10.8. The van der Waals surface area contributed by atoms with Crippen molar-refractivity contribution in [2.24, 2.45) is 0 Å². The zero-order valence-electron chi connectivity index (χ0n) is 18.8. The molecule has 0 radical (unpaired) electrons. The molecule has 0 atom stereocenters. The predicted molar refractivity (Wildman–Crippen MR) is 136 cm³/mol. The minimum Gasteiger partial charge on any atom is -0.497 e. The van der Waals surface area contributed by atoms with Gasteiger partial charge < -0.3 is 9.47 Å². The molecule has 0 aliphatic carbocycles. The maximum absolute atomic E-state index is 5.84. The number of para-hydroxylation sites is 1. The third-order valence-corrected chi connectivity index (χ3v) is 6.97. The number of aromatic nitrogens is 3. The van der Waals surface area contributed by atoms with Gasteiger partial charge in [0.2, 0.25) is 0 Å². The molecule has 0 unspecified atom stereocenters. The van der Waals surface area contributed by atoms with Crippen LogP contribution >= 0.6 is 23.5 Å². The van der Waals surface area contributed by atoms with E-state index in [-0.39, 0.29) is 0 Å². The molecular weight excluding hydrogens is 450 g/mol. The van der Waals surface area contributed by atoms with Gasteiger partial charge in [0.25, 0.3) is 0 Å². The molecule has 1 heterocycles. The summed E-state index contributed by atoms with van der Waals surface area (Å²) in [5.74, 6) is 4.28. The van der Waals surface area contributed by atoms with Crippen molar-refractivity contribution in [3.63, 3.8) is 0 Å². The Kier molecular flexibility index (Phi) is 8.33. The van der Waals surface area contributed by atoms with Gasteiger partial charge in [-0.3, -0.25) is 4.57 Å². The third kappa shape index (κ3) is 6.55. The van der Waals surface area contributed by atoms with E-state index >= 15 is 0 Å². The van der Waals surface area contributed by atoms with Crippen LogP contribution < -0.4 is 9.47 Å². The molecule has 0 saturated carbocycles. The lowest BCUT2D eigenvalue weighted by atomic mass is 10.2. The maximum Gasteiger partial charge on any atom is 0.195 e. The molecule has 0 spiro atoms. The Morgan fingerprint density at radius 3 is 2.27 bits per heavy atom. The van der Waals surface area contributed by atoms with Crippen LogP contribution in [-0.2, 0) is 5.75 Å². The monoisotopic (exact) mass is 477 g/mol. The Labute approximate surface area is 203 Å². The van der Waals surface area contributed by atoms with E-state index < -0.39 is 0 Å². The van der Waals surface area contributed by atoms with Gasteiger partial charge in [-0.1, -0.05) is 47.7 Å². The molecule has 33 heavy (non-hydrogen) atoms. The van der Waals surface area contributed by atoms with Gasteiger partial charge in [0, 0.05) is 16.3 Å². The molecule has 7 heteroatoms. The Balaban J connectivity index is 1.36. The maximum atomic E-state index is 5.84. The van der Waals surface area contributed by atoms with Crippen molar-refractivity contribution in [1.82, 2.24) is 14.8 Å². The first kappa shape index (κ1) is 23.3. The van der Waals surface area contributed by atoms with Crippen molar-refractivity contribution >= 4 is 23.5 Å². The lowest BCUT2D eigenvalue weighted by molar-refractivity contribution is 0.318. The number of nitrogens with zero attached hydrogens (tertiary/aromatic N) is 3. The molecule has 170 valence electrons. The van der Waals surface area contributed by atoms with Gasteiger partial charge in [-0.05, 0) is 61.9 Å². The zero-order chi connectivity index (χ0) is 22.9.